The van der Waals surface area contributed by atoms with Crippen molar-refractivity contribution in [1.82, 2.24) is 5.32 Å². The predicted octanol–water partition coefficient (Wildman–Crippen LogP) is 3.70. The van der Waals surface area contributed by atoms with Crippen LogP contribution < -0.4 is 5.32 Å². The lowest BCUT2D eigenvalue weighted by Gasteiger charge is -2.17. The van der Waals surface area contributed by atoms with Crippen LogP contribution in [0.25, 0.3) is 0 Å². The molecule has 0 aliphatic heterocycles. The first-order chi connectivity index (χ1) is 8.33. The molecule has 0 heterocycles. The molecule has 3 rings (SSSR count). The van der Waals surface area contributed by atoms with Gasteiger partial charge in [0.2, 0.25) is 0 Å². The summed E-state index contributed by atoms with van der Waals surface area (Å²) in [6.07, 6.45) is 6.86. The van der Waals surface area contributed by atoms with Crippen LogP contribution in [-0.2, 0) is 6.42 Å². The van der Waals surface area contributed by atoms with Gasteiger partial charge in [0.1, 0.15) is 0 Å². The van der Waals surface area contributed by atoms with Crippen molar-refractivity contribution >= 4 is 0 Å². The van der Waals surface area contributed by atoms with Crippen molar-refractivity contribution in [2.75, 3.05) is 6.54 Å². The minimum atomic E-state index is 0.627. The summed E-state index contributed by atoms with van der Waals surface area (Å²) in [4.78, 5) is 0. The Bertz CT molecular complexity index is 385. The van der Waals surface area contributed by atoms with Crippen LogP contribution in [0.2, 0.25) is 0 Å². The molecule has 1 nitrogen and oxygen atoms in total. The number of hydrogen-bond acceptors (Lipinski definition) is 1. The summed E-state index contributed by atoms with van der Waals surface area (Å²) < 4.78 is 0. The molecule has 0 amide bonds. The topological polar surface area (TPSA) is 12.0 Å². The summed E-state index contributed by atoms with van der Waals surface area (Å²) in [5, 5.41) is 3.80. The minimum absolute atomic E-state index is 0.627. The van der Waals surface area contributed by atoms with E-state index in [9.17, 15) is 0 Å². The fourth-order valence-corrected chi connectivity index (χ4v) is 3.59. The normalized spacial score (nSPS) is 31.7. The Morgan fingerprint density at radius 1 is 1.18 bits per heavy atom. The van der Waals surface area contributed by atoms with Crippen molar-refractivity contribution in [2.45, 2.75) is 45.1 Å². The van der Waals surface area contributed by atoms with E-state index in [0.29, 0.717) is 6.04 Å². The molecule has 0 radical (unpaired) electrons. The van der Waals surface area contributed by atoms with Crippen molar-refractivity contribution < 1.29 is 0 Å². The van der Waals surface area contributed by atoms with Crippen LogP contribution in [0.4, 0.5) is 0 Å². The fourth-order valence-electron chi connectivity index (χ4n) is 3.59. The predicted molar refractivity (Wildman–Crippen MR) is 72.0 cm³/mol. The molecule has 3 unspecified atom stereocenters. The van der Waals surface area contributed by atoms with E-state index >= 15 is 0 Å². The van der Waals surface area contributed by atoms with E-state index in [0.717, 1.165) is 11.8 Å². The Kier molecular flexibility index (Phi) is 3.19. The minimum Gasteiger partial charge on any atom is -0.310 e. The Hall–Kier alpha value is -0.820. The molecule has 1 heteroatoms. The van der Waals surface area contributed by atoms with E-state index in [2.05, 4.69) is 36.5 Å². The molecule has 1 aromatic rings. The maximum absolute atomic E-state index is 3.80. The maximum atomic E-state index is 3.80. The second-order valence-electron chi connectivity index (χ2n) is 5.98. The molecule has 92 valence electrons. The molecule has 2 aliphatic carbocycles. The van der Waals surface area contributed by atoms with Gasteiger partial charge in [-0.05, 0) is 55.2 Å². The molecule has 0 saturated heterocycles. The van der Waals surface area contributed by atoms with Crippen LogP contribution in [0.1, 0.15) is 49.8 Å². The highest BCUT2D eigenvalue weighted by molar-refractivity contribution is 5.34. The fraction of sp³-hybridized carbons (Fsp3) is 0.625. The first-order valence-electron chi connectivity index (χ1n) is 7.14. The molecule has 3 atom stereocenters. The summed E-state index contributed by atoms with van der Waals surface area (Å²) in [6, 6.07) is 9.56. The van der Waals surface area contributed by atoms with E-state index in [1.807, 2.05) is 0 Å². The molecule has 1 N–H and O–H groups in total. The van der Waals surface area contributed by atoms with Crippen LogP contribution in [0.15, 0.2) is 24.3 Å². The van der Waals surface area contributed by atoms with Crippen LogP contribution in [-0.4, -0.2) is 6.54 Å². The average Bonchev–Trinajstić information content (AvgIpc) is 2.93. The van der Waals surface area contributed by atoms with Gasteiger partial charge in [-0.25, -0.2) is 0 Å². The van der Waals surface area contributed by atoms with Crippen molar-refractivity contribution in [3.8, 4) is 0 Å². The van der Waals surface area contributed by atoms with Gasteiger partial charge in [0, 0.05) is 6.04 Å². The van der Waals surface area contributed by atoms with E-state index in [4.69, 9.17) is 0 Å². The molecule has 2 aliphatic rings. The van der Waals surface area contributed by atoms with Crippen molar-refractivity contribution in [3.05, 3.63) is 35.4 Å². The highest BCUT2D eigenvalue weighted by Gasteiger charge is 2.25. The lowest BCUT2D eigenvalue weighted by atomic mass is 10.0. The third-order valence-electron chi connectivity index (χ3n) is 4.59. The van der Waals surface area contributed by atoms with Crippen LogP contribution in [0.3, 0.4) is 0 Å². The summed E-state index contributed by atoms with van der Waals surface area (Å²) in [7, 11) is 0. The Balaban J connectivity index is 1.57. The third-order valence-corrected chi connectivity index (χ3v) is 4.59. The summed E-state index contributed by atoms with van der Waals surface area (Å²) >= 11 is 0. The molecule has 1 fully saturated rings. The van der Waals surface area contributed by atoms with E-state index in [1.54, 1.807) is 11.1 Å². The molecule has 0 bridgehead atoms. The van der Waals surface area contributed by atoms with Gasteiger partial charge in [-0.3, -0.25) is 0 Å². The van der Waals surface area contributed by atoms with E-state index in [-0.39, 0.29) is 0 Å². The largest absolute Gasteiger partial charge is 0.310 e. The maximum Gasteiger partial charge on any atom is 0.0326 e. The second-order valence-corrected chi connectivity index (χ2v) is 5.98. The molecule has 0 aromatic heterocycles. The number of aryl methyl sites for hydroxylation is 1. The number of benzene rings is 1. The van der Waals surface area contributed by atoms with Crippen molar-refractivity contribution in [3.63, 3.8) is 0 Å². The molecule has 17 heavy (non-hydrogen) atoms. The smallest absolute Gasteiger partial charge is 0.0326 e. The zero-order valence-corrected chi connectivity index (χ0v) is 10.8. The molecule has 1 aromatic carbocycles. The SMILES string of the molecule is CC1CCC(CNC2CCc3ccccc32)C1. The van der Waals surface area contributed by atoms with Gasteiger partial charge in [-0.1, -0.05) is 37.6 Å². The zero-order valence-electron chi connectivity index (χ0n) is 10.8. The highest BCUT2D eigenvalue weighted by atomic mass is 14.9. The second kappa shape index (κ2) is 4.81. The molecule has 0 spiro atoms. The molecular weight excluding hydrogens is 206 g/mol. The van der Waals surface area contributed by atoms with Crippen molar-refractivity contribution in [1.29, 1.82) is 0 Å². The summed E-state index contributed by atoms with van der Waals surface area (Å²) in [5.41, 5.74) is 3.11. The monoisotopic (exact) mass is 229 g/mol. The Morgan fingerprint density at radius 3 is 2.88 bits per heavy atom. The number of hydrogen-bond donors (Lipinski definition) is 1. The Labute approximate surface area is 105 Å². The van der Waals surface area contributed by atoms with E-state index in [1.165, 1.54) is 38.6 Å². The quantitative estimate of drug-likeness (QED) is 0.833. The zero-order chi connectivity index (χ0) is 11.7. The van der Waals surface area contributed by atoms with Gasteiger partial charge in [0.15, 0.2) is 0 Å². The first-order valence-corrected chi connectivity index (χ1v) is 7.14. The van der Waals surface area contributed by atoms with Gasteiger partial charge >= 0.3 is 0 Å². The lowest BCUT2D eigenvalue weighted by molar-refractivity contribution is 0.426. The summed E-state index contributed by atoms with van der Waals surface area (Å²) in [5.74, 6) is 1.88. The van der Waals surface area contributed by atoms with Crippen molar-refractivity contribution in [2.24, 2.45) is 11.8 Å². The van der Waals surface area contributed by atoms with Gasteiger partial charge in [-0.15, -0.1) is 0 Å². The number of rotatable bonds is 3. The molecule has 1 saturated carbocycles. The summed E-state index contributed by atoms with van der Waals surface area (Å²) in [6.45, 7) is 3.62. The molecular formula is C16H23N. The van der Waals surface area contributed by atoms with Crippen LogP contribution in [0.5, 0.6) is 0 Å². The lowest BCUT2D eigenvalue weighted by Crippen LogP contribution is -2.25. The first kappa shape index (κ1) is 11.3. The van der Waals surface area contributed by atoms with Gasteiger partial charge in [-0.2, -0.15) is 0 Å². The van der Waals surface area contributed by atoms with E-state index < -0.39 is 0 Å². The number of nitrogens with one attached hydrogen (secondary N) is 1. The van der Waals surface area contributed by atoms with Crippen LogP contribution in [0, 0.1) is 11.8 Å². The van der Waals surface area contributed by atoms with Gasteiger partial charge < -0.3 is 5.32 Å². The van der Waals surface area contributed by atoms with Gasteiger partial charge in [0.25, 0.3) is 0 Å². The number of fused-ring (bicyclic) bond motifs is 1. The highest BCUT2D eigenvalue weighted by Crippen LogP contribution is 2.33. The average molecular weight is 229 g/mol. The van der Waals surface area contributed by atoms with Gasteiger partial charge in [0.05, 0.1) is 0 Å². The Morgan fingerprint density at radius 2 is 2.06 bits per heavy atom. The standard InChI is InChI=1S/C16H23N/c1-12-6-7-13(10-12)11-17-16-9-8-14-4-2-3-5-15(14)16/h2-5,12-13,16-17H,6-11H2,1H3. The third kappa shape index (κ3) is 2.40. The van der Waals surface area contributed by atoms with Crippen LogP contribution >= 0.6 is 0 Å².